The molecule has 4 aromatic carbocycles. The summed E-state index contributed by atoms with van der Waals surface area (Å²) in [7, 11) is 0. The minimum atomic E-state index is -0.174. The molecular weight excluding hydrogens is 618 g/mol. The van der Waals surface area contributed by atoms with Crippen molar-refractivity contribution in [3.63, 3.8) is 0 Å². The van der Waals surface area contributed by atoms with Gasteiger partial charge in [-0.05, 0) is 66.2 Å². The van der Waals surface area contributed by atoms with Crippen molar-refractivity contribution in [3.05, 3.63) is 120 Å². The van der Waals surface area contributed by atoms with Crippen LogP contribution in [0.3, 0.4) is 0 Å². The highest BCUT2D eigenvalue weighted by molar-refractivity contribution is 7.98. The molecule has 0 unspecified atom stereocenters. The van der Waals surface area contributed by atoms with Crippen LogP contribution < -0.4 is 30.5 Å². The number of hydrogen-bond acceptors (Lipinski definition) is 13. The number of aromatic hydroxyl groups is 1. The molecule has 0 spiro atoms. The van der Waals surface area contributed by atoms with Crippen molar-refractivity contribution in [1.29, 1.82) is 0 Å². The first-order chi connectivity index (χ1) is 23.0. The molecule has 242 valence electrons. The Bertz CT molecular complexity index is 1680. The van der Waals surface area contributed by atoms with Gasteiger partial charge in [0, 0.05) is 36.6 Å². The van der Waals surface area contributed by atoms with Crippen molar-refractivity contribution in [1.82, 2.24) is 25.0 Å². The topological polar surface area (TPSA) is 169 Å². The quantitative estimate of drug-likeness (QED) is 0.0292. The number of nitrogens with one attached hydrogen (secondary N) is 5. The summed E-state index contributed by atoms with van der Waals surface area (Å²) in [6.07, 6.45) is 0. The average Bonchev–Trinajstić information content (AvgIpc) is 3.10. The molecule has 0 aliphatic carbocycles. The van der Waals surface area contributed by atoms with Gasteiger partial charge >= 0.3 is 0 Å². The van der Waals surface area contributed by atoms with Crippen molar-refractivity contribution in [2.24, 2.45) is 0 Å². The summed E-state index contributed by atoms with van der Waals surface area (Å²) in [5.74, 6) is 0.844. The molecule has 0 atom stereocenters. The van der Waals surface area contributed by atoms with Gasteiger partial charge in [-0.1, -0.05) is 48.5 Å². The van der Waals surface area contributed by atoms with Gasteiger partial charge in [-0.15, -0.1) is 0 Å². The van der Waals surface area contributed by atoms with Crippen LogP contribution >= 0.6 is 12.1 Å². The van der Waals surface area contributed by atoms with E-state index in [1.807, 2.05) is 48.5 Å². The number of phenols is 1. The van der Waals surface area contributed by atoms with Crippen LogP contribution in [-0.4, -0.2) is 57.5 Å². The van der Waals surface area contributed by atoms with E-state index in [0.717, 1.165) is 22.2 Å². The Morgan fingerprint density at radius 3 is 1.96 bits per heavy atom. The van der Waals surface area contributed by atoms with Crippen molar-refractivity contribution >= 4 is 52.9 Å². The summed E-state index contributed by atoms with van der Waals surface area (Å²) in [6.45, 7) is 2.20. The van der Waals surface area contributed by atoms with Crippen molar-refractivity contribution in [2.45, 2.75) is 6.54 Å². The molecule has 47 heavy (non-hydrogen) atoms. The lowest BCUT2D eigenvalue weighted by molar-refractivity contribution is 0.0951. The van der Waals surface area contributed by atoms with Crippen LogP contribution in [0.15, 0.2) is 109 Å². The van der Waals surface area contributed by atoms with E-state index in [1.165, 1.54) is 0 Å². The number of nitrogens with zero attached hydrogens (tertiary/aromatic N) is 4. The minimum absolute atomic E-state index is 0.145. The second kappa shape index (κ2) is 17.3. The molecule has 0 aliphatic rings. The highest BCUT2D eigenvalue weighted by Gasteiger charge is 2.10. The number of benzene rings is 4. The van der Waals surface area contributed by atoms with E-state index in [-0.39, 0.29) is 23.6 Å². The van der Waals surface area contributed by atoms with E-state index in [9.17, 15) is 15.1 Å². The van der Waals surface area contributed by atoms with Crippen LogP contribution in [0.5, 0.6) is 5.75 Å². The van der Waals surface area contributed by atoms with Gasteiger partial charge in [0.15, 0.2) is 0 Å². The first-order valence-corrected chi connectivity index (χ1v) is 15.6. The fraction of sp³-hybridized carbons (Fsp3) is 0.152. The molecule has 5 aromatic rings. The summed E-state index contributed by atoms with van der Waals surface area (Å²) >= 11 is 1.07. The molecule has 1 heterocycles. The molecule has 0 saturated heterocycles. The second-order valence-corrected chi connectivity index (χ2v) is 10.8. The van der Waals surface area contributed by atoms with Crippen molar-refractivity contribution < 1.29 is 19.8 Å². The molecule has 7 N–H and O–H groups in total. The molecule has 0 bridgehead atoms. The number of carbonyl (C=O) groups is 1. The van der Waals surface area contributed by atoms with Gasteiger partial charge in [0.1, 0.15) is 5.75 Å². The van der Waals surface area contributed by atoms with Crippen molar-refractivity contribution in [2.75, 3.05) is 46.7 Å². The molecule has 1 aromatic heterocycles. The Morgan fingerprint density at radius 2 is 1.30 bits per heavy atom. The molecule has 5 rings (SSSR count). The number of ether oxygens (including phenoxy) is 1. The normalized spacial score (nSPS) is 10.7. The first-order valence-electron chi connectivity index (χ1n) is 14.8. The summed E-state index contributed by atoms with van der Waals surface area (Å²) in [5, 5.41) is 32.0. The predicted molar refractivity (Wildman–Crippen MR) is 184 cm³/mol. The van der Waals surface area contributed by atoms with E-state index in [2.05, 4.69) is 40.9 Å². The Labute approximate surface area is 276 Å². The van der Waals surface area contributed by atoms with E-state index in [0.29, 0.717) is 61.4 Å². The Hall–Kier alpha value is -5.41. The summed E-state index contributed by atoms with van der Waals surface area (Å²) < 4.78 is 9.77. The molecule has 14 heteroatoms. The van der Waals surface area contributed by atoms with Crippen LogP contribution in [0.4, 0.5) is 34.9 Å². The summed E-state index contributed by atoms with van der Waals surface area (Å²) in [6, 6.07) is 32.4. The maximum Gasteiger partial charge on any atom is 0.251 e. The number of para-hydroxylation sites is 1. The number of anilines is 6. The predicted octanol–water partition coefficient (Wildman–Crippen LogP) is 5.47. The second-order valence-electron chi connectivity index (χ2n) is 9.98. The van der Waals surface area contributed by atoms with Gasteiger partial charge in [-0.25, -0.2) is 4.72 Å². The number of aromatic nitrogens is 3. The highest BCUT2D eigenvalue weighted by Crippen LogP contribution is 2.21. The van der Waals surface area contributed by atoms with Crippen LogP contribution in [0, 0.1) is 0 Å². The van der Waals surface area contributed by atoms with Gasteiger partial charge in [-0.2, -0.15) is 19.4 Å². The van der Waals surface area contributed by atoms with Gasteiger partial charge in [-0.3, -0.25) is 10.0 Å². The standard InChI is InChI=1S/C33H35N9O4S/c43-29-17-15-27(16-18-29)38-33-40-31(34-19-21-46-22-20-36-47-42(45)28-9-5-2-6-10-28)39-32(41-33)37-26-13-11-25(12-14-26)30(44)35-23-24-7-3-1-4-8-24/h1-18,36,43,45H,19-23H2,(H,35,44)(H3,34,37,38,39,40,41). The third kappa shape index (κ3) is 10.9. The molecule has 0 aliphatic heterocycles. The summed E-state index contributed by atoms with van der Waals surface area (Å²) in [5.41, 5.74) is 3.57. The first kappa shape index (κ1) is 33.0. The number of rotatable bonds is 17. The molecule has 0 radical (unpaired) electrons. The monoisotopic (exact) mass is 653 g/mol. The van der Waals surface area contributed by atoms with Gasteiger partial charge in [0.2, 0.25) is 17.8 Å². The fourth-order valence-electron chi connectivity index (χ4n) is 4.12. The zero-order valence-electron chi connectivity index (χ0n) is 25.3. The number of phenolic OH excluding ortho intramolecular Hbond substituents is 1. The molecule has 0 saturated carbocycles. The Kier molecular flexibility index (Phi) is 12.2. The van der Waals surface area contributed by atoms with Gasteiger partial charge < -0.3 is 31.1 Å². The van der Waals surface area contributed by atoms with E-state index in [1.54, 1.807) is 60.7 Å². The maximum absolute atomic E-state index is 12.6. The third-order valence-electron chi connectivity index (χ3n) is 6.46. The highest BCUT2D eigenvalue weighted by atomic mass is 32.2. The molecule has 13 nitrogen and oxygen atoms in total. The summed E-state index contributed by atoms with van der Waals surface area (Å²) in [4.78, 5) is 26.1. The number of amides is 1. The average molecular weight is 654 g/mol. The molecule has 0 fully saturated rings. The Balaban J connectivity index is 1.13. The number of hydrogen-bond donors (Lipinski definition) is 7. The molecule has 1 amide bonds. The fourth-order valence-corrected chi connectivity index (χ4v) is 4.64. The lowest BCUT2D eigenvalue weighted by atomic mass is 10.2. The van der Waals surface area contributed by atoms with E-state index < -0.39 is 0 Å². The van der Waals surface area contributed by atoms with E-state index >= 15 is 0 Å². The van der Waals surface area contributed by atoms with E-state index in [4.69, 9.17) is 4.74 Å². The smallest absolute Gasteiger partial charge is 0.251 e. The minimum Gasteiger partial charge on any atom is -0.508 e. The van der Waals surface area contributed by atoms with Crippen LogP contribution in [0.1, 0.15) is 15.9 Å². The largest absolute Gasteiger partial charge is 0.508 e. The van der Waals surface area contributed by atoms with Crippen LogP contribution in [-0.2, 0) is 11.3 Å². The van der Waals surface area contributed by atoms with Crippen LogP contribution in [0.2, 0.25) is 0 Å². The lowest BCUT2D eigenvalue weighted by Gasteiger charge is -2.15. The number of carbonyl (C=O) groups excluding carboxylic acids is 1. The lowest BCUT2D eigenvalue weighted by Crippen LogP contribution is -2.22. The Morgan fingerprint density at radius 1 is 0.723 bits per heavy atom. The zero-order chi connectivity index (χ0) is 32.7. The zero-order valence-corrected chi connectivity index (χ0v) is 26.2. The maximum atomic E-state index is 12.6. The van der Waals surface area contributed by atoms with Gasteiger partial charge in [0.25, 0.3) is 5.91 Å². The SMILES string of the molecule is O=C(NCc1ccccc1)c1ccc(Nc2nc(NCCOCCNSN(O)c3ccccc3)nc(Nc3ccc(O)cc3)n2)cc1. The molecular formula is C33H35N9O4S. The van der Waals surface area contributed by atoms with Crippen LogP contribution in [0.25, 0.3) is 0 Å². The third-order valence-corrected chi connectivity index (χ3v) is 7.18. The van der Waals surface area contributed by atoms with Crippen molar-refractivity contribution in [3.8, 4) is 5.75 Å². The van der Waals surface area contributed by atoms with Gasteiger partial charge in [0.05, 0.1) is 31.0 Å².